The minimum atomic E-state index is -0.508. The third kappa shape index (κ3) is 4.37. The summed E-state index contributed by atoms with van der Waals surface area (Å²) in [6.45, 7) is 5.73. The fourth-order valence-electron chi connectivity index (χ4n) is 3.35. The van der Waals surface area contributed by atoms with Crippen LogP contribution >= 0.6 is 11.3 Å². The van der Waals surface area contributed by atoms with Crippen LogP contribution in [0.1, 0.15) is 22.5 Å². The third-order valence-electron chi connectivity index (χ3n) is 4.74. The Hall–Kier alpha value is -2.04. The number of hydrogen-bond acceptors (Lipinski definition) is 7. The van der Waals surface area contributed by atoms with Crippen molar-refractivity contribution in [1.29, 1.82) is 0 Å². The molecule has 2 amide bonds. The van der Waals surface area contributed by atoms with E-state index in [-0.39, 0.29) is 16.8 Å². The van der Waals surface area contributed by atoms with E-state index in [0.717, 1.165) is 50.5 Å². The molecule has 0 radical (unpaired) electrons. The van der Waals surface area contributed by atoms with E-state index in [2.05, 4.69) is 15.5 Å². The quantitative estimate of drug-likeness (QED) is 0.541. The van der Waals surface area contributed by atoms with Crippen molar-refractivity contribution in [1.82, 2.24) is 20.4 Å². The Kier molecular flexibility index (Phi) is 6.17. The minimum Gasteiger partial charge on any atom is -0.353 e. The molecule has 2 saturated heterocycles. The summed E-state index contributed by atoms with van der Waals surface area (Å²) < 4.78 is 0. The van der Waals surface area contributed by atoms with Gasteiger partial charge in [0.2, 0.25) is 5.91 Å². The topological polar surface area (TPSA) is 108 Å². The Morgan fingerprint density at radius 2 is 2.08 bits per heavy atom. The molecule has 2 aliphatic rings. The summed E-state index contributed by atoms with van der Waals surface area (Å²) in [5, 5.41) is 17.0. The Morgan fingerprint density at radius 1 is 1.31 bits per heavy atom. The Balaban J connectivity index is 1.53. The molecular weight excluding hydrogens is 358 g/mol. The summed E-state index contributed by atoms with van der Waals surface area (Å²) in [5.74, 6) is -0.445. The maximum Gasteiger partial charge on any atom is 0.324 e. The molecule has 0 bridgehead atoms. The van der Waals surface area contributed by atoms with Crippen molar-refractivity contribution in [2.45, 2.75) is 18.9 Å². The summed E-state index contributed by atoms with van der Waals surface area (Å²) in [4.78, 5) is 39.6. The van der Waals surface area contributed by atoms with E-state index in [4.69, 9.17) is 0 Å². The van der Waals surface area contributed by atoms with Gasteiger partial charge < -0.3 is 15.5 Å². The van der Waals surface area contributed by atoms with Crippen molar-refractivity contribution >= 4 is 28.2 Å². The number of nitrogens with one attached hydrogen (secondary N) is 2. The molecule has 0 aliphatic carbocycles. The number of nitro groups is 1. The molecule has 1 aromatic rings. The first-order valence-electron chi connectivity index (χ1n) is 8.82. The summed E-state index contributed by atoms with van der Waals surface area (Å²) in [5.41, 5.74) is 0. The van der Waals surface area contributed by atoms with Gasteiger partial charge in [-0.2, -0.15) is 0 Å². The predicted octanol–water partition coefficient (Wildman–Crippen LogP) is 0.282. The maximum absolute atomic E-state index is 12.6. The van der Waals surface area contributed by atoms with Gasteiger partial charge in [-0.15, -0.1) is 0 Å². The van der Waals surface area contributed by atoms with Gasteiger partial charge in [0.15, 0.2) is 0 Å². The van der Waals surface area contributed by atoms with Gasteiger partial charge in [0.25, 0.3) is 5.91 Å². The zero-order valence-corrected chi connectivity index (χ0v) is 15.3. The van der Waals surface area contributed by atoms with Crippen LogP contribution in [0.4, 0.5) is 5.00 Å². The first-order chi connectivity index (χ1) is 12.6. The highest BCUT2D eigenvalue weighted by Crippen LogP contribution is 2.28. The number of likely N-dealkylation sites (tertiary alicyclic amines) is 1. The lowest BCUT2D eigenvalue weighted by Gasteiger charge is -2.28. The summed E-state index contributed by atoms with van der Waals surface area (Å²) in [6.07, 6.45) is 1.38. The van der Waals surface area contributed by atoms with Gasteiger partial charge in [-0.25, -0.2) is 0 Å². The second-order valence-electron chi connectivity index (χ2n) is 6.43. The molecule has 0 spiro atoms. The molecule has 0 aromatic carbocycles. The zero-order valence-electron chi connectivity index (χ0n) is 14.5. The Labute approximate surface area is 155 Å². The molecule has 142 valence electrons. The molecule has 2 N–H and O–H groups in total. The molecule has 2 fully saturated rings. The van der Waals surface area contributed by atoms with Gasteiger partial charge in [0.1, 0.15) is 6.04 Å². The van der Waals surface area contributed by atoms with E-state index in [0.29, 0.717) is 24.4 Å². The summed E-state index contributed by atoms with van der Waals surface area (Å²) in [7, 11) is 0. The van der Waals surface area contributed by atoms with Crippen LogP contribution in [0.25, 0.3) is 0 Å². The molecule has 3 rings (SSSR count). The Morgan fingerprint density at radius 3 is 2.77 bits per heavy atom. The fourth-order valence-corrected chi connectivity index (χ4v) is 4.13. The second kappa shape index (κ2) is 8.56. The van der Waals surface area contributed by atoms with Crippen LogP contribution in [0.2, 0.25) is 0 Å². The predicted molar refractivity (Wildman–Crippen MR) is 97.4 cm³/mol. The number of carbonyl (C=O) groups is 2. The van der Waals surface area contributed by atoms with Crippen molar-refractivity contribution in [3.8, 4) is 0 Å². The molecule has 1 unspecified atom stereocenters. The highest BCUT2D eigenvalue weighted by atomic mass is 32.1. The van der Waals surface area contributed by atoms with Crippen LogP contribution in [0.15, 0.2) is 12.1 Å². The van der Waals surface area contributed by atoms with Gasteiger partial charge in [-0.3, -0.25) is 24.6 Å². The van der Waals surface area contributed by atoms with Gasteiger partial charge in [-0.1, -0.05) is 11.3 Å². The molecule has 3 heterocycles. The monoisotopic (exact) mass is 381 g/mol. The minimum absolute atomic E-state index is 0.0652. The van der Waals surface area contributed by atoms with E-state index in [9.17, 15) is 19.7 Å². The van der Waals surface area contributed by atoms with Crippen LogP contribution in [-0.4, -0.2) is 78.4 Å². The van der Waals surface area contributed by atoms with Crippen molar-refractivity contribution in [2.24, 2.45) is 0 Å². The third-order valence-corrected chi connectivity index (χ3v) is 5.76. The Bertz CT molecular complexity index is 673. The van der Waals surface area contributed by atoms with Crippen molar-refractivity contribution in [3.63, 3.8) is 0 Å². The maximum atomic E-state index is 12.6. The average molecular weight is 381 g/mol. The highest BCUT2D eigenvalue weighted by molar-refractivity contribution is 7.17. The largest absolute Gasteiger partial charge is 0.353 e. The number of nitrogens with zero attached hydrogens (tertiary/aromatic N) is 3. The van der Waals surface area contributed by atoms with Crippen molar-refractivity contribution < 1.29 is 14.5 Å². The van der Waals surface area contributed by atoms with Crippen LogP contribution in [0.3, 0.4) is 0 Å². The van der Waals surface area contributed by atoms with Crippen LogP contribution in [-0.2, 0) is 4.79 Å². The standard InChI is InChI=1S/C16H23N5O4S/c22-15(18-7-11-19-9-5-17-6-10-19)12-2-1-8-20(12)16(23)13-3-4-14(26-13)21(24)25/h3-4,12,17H,1-2,5-11H2,(H,18,22). The van der Waals surface area contributed by atoms with Gasteiger partial charge in [0.05, 0.1) is 9.80 Å². The molecule has 1 atom stereocenters. The molecule has 10 heteroatoms. The number of rotatable bonds is 6. The molecule has 26 heavy (non-hydrogen) atoms. The average Bonchev–Trinajstić information content (AvgIpc) is 3.32. The lowest BCUT2D eigenvalue weighted by molar-refractivity contribution is -0.380. The van der Waals surface area contributed by atoms with Gasteiger partial charge in [0, 0.05) is 51.9 Å². The van der Waals surface area contributed by atoms with Crippen molar-refractivity contribution in [3.05, 3.63) is 27.1 Å². The lowest BCUT2D eigenvalue weighted by Crippen LogP contribution is -2.49. The number of piperazine rings is 1. The lowest BCUT2D eigenvalue weighted by atomic mass is 10.2. The normalized spacial score (nSPS) is 20.9. The van der Waals surface area contributed by atoms with Crippen molar-refractivity contribution in [2.75, 3.05) is 45.8 Å². The van der Waals surface area contributed by atoms with Crippen LogP contribution in [0.5, 0.6) is 0 Å². The number of carbonyl (C=O) groups excluding carboxylic acids is 2. The zero-order chi connectivity index (χ0) is 18.5. The summed E-state index contributed by atoms with van der Waals surface area (Å²) in [6, 6.07) is 2.30. The molecule has 9 nitrogen and oxygen atoms in total. The molecular formula is C16H23N5O4S. The van der Waals surface area contributed by atoms with E-state index in [1.54, 1.807) is 0 Å². The van der Waals surface area contributed by atoms with E-state index < -0.39 is 11.0 Å². The fraction of sp³-hybridized carbons (Fsp3) is 0.625. The summed E-state index contributed by atoms with van der Waals surface area (Å²) >= 11 is 0.852. The van der Waals surface area contributed by atoms with Gasteiger partial charge in [-0.05, 0) is 18.9 Å². The molecule has 1 aromatic heterocycles. The van der Waals surface area contributed by atoms with Crippen LogP contribution < -0.4 is 10.6 Å². The van der Waals surface area contributed by atoms with E-state index >= 15 is 0 Å². The van der Waals surface area contributed by atoms with E-state index in [1.165, 1.54) is 17.0 Å². The van der Waals surface area contributed by atoms with E-state index in [1.807, 2.05) is 0 Å². The first kappa shape index (κ1) is 18.7. The number of amides is 2. The number of thiophene rings is 1. The first-order valence-corrected chi connectivity index (χ1v) is 9.64. The van der Waals surface area contributed by atoms with Gasteiger partial charge >= 0.3 is 5.00 Å². The second-order valence-corrected chi connectivity index (χ2v) is 7.50. The number of hydrogen-bond donors (Lipinski definition) is 2. The highest BCUT2D eigenvalue weighted by Gasteiger charge is 2.35. The van der Waals surface area contributed by atoms with Crippen LogP contribution in [0, 0.1) is 10.1 Å². The smallest absolute Gasteiger partial charge is 0.324 e. The SMILES string of the molecule is O=C(NCCN1CCNCC1)C1CCCN1C(=O)c1ccc([N+](=O)[O-])s1. The molecule has 2 aliphatic heterocycles. The molecule has 0 saturated carbocycles.